The number of hydrogen-bond acceptors (Lipinski definition) is 7. The van der Waals surface area contributed by atoms with Crippen LogP contribution in [0, 0.1) is 0 Å². The van der Waals surface area contributed by atoms with Crippen LogP contribution in [0.3, 0.4) is 0 Å². The average molecular weight is 400 g/mol. The van der Waals surface area contributed by atoms with E-state index in [9.17, 15) is 15.0 Å². The molecule has 2 N–H and O–H groups in total. The predicted octanol–water partition coefficient (Wildman–Crippen LogP) is 4.24. The lowest BCUT2D eigenvalue weighted by molar-refractivity contribution is 0.348. The summed E-state index contributed by atoms with van der Waals surface area (Å²) in [7, 11) is 4.41. The summed E-state index contributed by atoms with van der Waals surface area (Å²) >= 11 is 0. The van der Waals surface area contributed by atoms with Gasteiger partial charge in [0.2, 0.25) is 5.75 Å². The summed E-state index contributed by atoms with van der Waals surface area (Å²) in [6.07, 6.45) is 2.16. The fourth-order valence-corrected chi connectivity index (χ4v) is 3.31. The van der Waals surface area contributed by atoms with Crippen LogP contribution in [0.4, 0.5) is 0 Å². The van der Waals surface area contributed by atoms with E-state index in [1.165, 1.54) is 33.5 Å². The minimum atomic E-state index is -0.304. The SMILES string of the molecule is CCCCc1c(-c2ccc(O)c(O)c2)oc2c(OC)c(OC)cc(OC)c2c1=O. The van der Waals surface area contributed by atoms with E-state index in [1.54, 1.807) is 12.1 Å². The molecule has 0 aliphatic rings. The Morgan fingerprint density at radius 2 is 1.69 bits per heavy atom. The van der Waals surface area contributed by atoms with Crippen LogP contribution < -0.4 is 19.6 Å². The summed E-state index contributed by atoms with van der Waals surface area (Å²) in [5.41, 5.74) is 0.890. The van der Waals surface area contributed by atoms with Gasteiger partial charge >= 0.3 is 0 Å². The van der Waals surface area contributed by atoms with Gasteiger partial charge in [0, 0.05) is 17.2 Å². The van der Waals surface area contributed by atoms with E-state index in [0.717, 1.165) is 12.8 Å². The summed E-state index contributed by atoms with van der Waals surface area (Å²) in [5, 5.41) is 19.9. The molecule has 0 spiro atoms. The molecule has 3 aromatic rings. The van der Waals surface area contributed by atoms with Gasteiger partial charge in [-0.25, -0.2) is 0 Å². The van der Waals surface area contributed by atoms with Gasteiger partial charge in [-0.05, 0) is 31.0 Å². The van der Waals surface area contributed by atoms with Gasteiger partial charge < -0.3 is 28.8 Å². The van der Waals surface area contributed by atoms with E-state index < -0.39 is 0 Å². The van der Waals surface area contributed by atoms with Gasteiger partial charge in [-0.3, -0.25) is 4.79 Å². The fourth-order valence-electron chi connectivity index (χ4n) is 3.31. The maximum atomic E-state index is 13.5. The number of phenolic OH excluding ortho intramolecular Hbond substituents is 2. The van der Waals surface area contributed by atoms with Crippen LogP contribution in [-0.2, 0) is 6.42 Å². The van der Waals surface area contributed by atoms with Gasteiger partial charge in [0.25, 0.3) is 0 Å². The molecule has 0 atom stereocenters. The third-order valence-corrected chi connectivity index (χ3v) is 4.81. The highest BCUT2D eigenvalue weighted by Crippen LogP contribution is 2.43. The van der Waals surface area contributed by atoms with Crippen molar-refractivity contribution in [1.82, 2.24) is 0 Å². The van der Waals surface area contributed by atoms with Crippen LogP contribution in [0.2, 0.25) is 0 Å². The molecule has 0 aliphatic carbocycles. The summed E-state index contributed by atoms with van der Waals surface area (Å²) in [4.78, 5) is 13.5. The zero-order valence-electron chi connectivity index (χ0n) is 16.9. The van der Waals surface area contributed by atoms with Gasteiger partial charge in [-0.2, -0.15) is 0 Å². The molecule has 0 saturated heterocycles. The zero-order chi connectivity index (χ0) is 21.1. The molecule has 0 saturated carbocycles. The average Bonchev–Trinajstić information content (AvgIpc) is 2.73. The Kier molecular flexibility index (Phi) is 5.87. The van der Waals surface area contributed by atoms with Crippen LogP contribution in [0.5, 0.6) is 28.7 Å². The van der Waals surface area contributed by atoms with E-state index >= 15 is 0 Å². The van der Waals surface area contributed by atoms with E-state index in [4.69, 9.17) is 18.6 Å². The van der Waals surface area contributed by atoms with Crippen LogP contribution >= 0.6 is 0 Å². The summed E-state index contributed by atoms with van der Waals surface area (Å²) in [6, 6.07) is 5.88. The van der Waals surface area contributed by atoms with Crippen LogP contribution in [-0.4, -0.2) is 31.5 Å². The zero-order valence-corrected chi connectivity index (χ0v) is 16.9. The Balaban J connectivity index is 2.45. The molecule has 7 nitrogen and oxygen atoms in total. The quantitative estimate of drug-likeness (QED) is 0.572. The molecule has 1 heterocycles. The van der Waals surface area contributed by atoms with Gasteiger partial charge in [-0.15, -0.1) is 0 Å². The van der Waals surface area contributed by atoms with E-state index in [-0.39, 0.29) is 33.6 Å². The van der Waals surface area contributed by atoms with Crippen molar-refractivity contribution in [2.24, 2.45) is 0 Å². The largest absolute Gasteiger partial charge is 0.504 e. The number of ether oxygens (including phenoxy) is 3. The lowest BCUT2D eigenvalue weighted by Crippen LogP contribution is -2.13. The molecular weight excluding hydrogens is 376 g/mol. The molecule has 7 heteroatoms. The molecule has 154 valence electrons. The van der Waals surface area contributed by atoms with Crippen molar-refractivity contribution in [3.8, 4) is 40.1 Å². The third kappa shape index (κ3) is 3.55. The highest BCUT2D eigenvalue weighted by Gasteiger charge is 2.24. The normalized spacial score (nSPS) is 10.9. The first kappa shape index (κ1) is 20.4. The van der Waals surface area contributed by atoms with Crippen molar-refractivity contribution in [2.75, 3.05) is 21.3 Å². The maximum Gasteiger partial charge on any atom is 0.205 e. The Hall–Kier alpha value is -3.35. The topological polar surface area (TPSA) is 98.4 Å². The number of rotatable bonds is 7. The smallest absolute Gasteiger partial charge is 0.205 e. The first-order valence-electron chi connectivity index (χ1n) is 9.27. The molecule has 29 heavy (non-hydrogen) atoms. The van der Waals surface area contributed by atoms with Crippen molar-refractivity contribution in [2.45, 2.75) is 26.2 Å². The standard InChI is InChI=1S/C22H24O7/c1-5-6-7-13-19(25)18-16(26-2)11-17(27-3)21(28-4)22(18)29-20(13)12-8-9-14(23)15(24)10-12/h8-11,23-24H,5-7H2,1-4H3. The second kappa shape index (κ2) is 8.34. The number of phenols is 2. The van der Waals surface area contributed by atoms with Crippen molar-refractivity contribution in [1.29, 1.82) is 0 Å². The molecule has 2 aromatic carbocycles. The monoisotopic (exact) mass is 400 g/mol. The van der Waals surface area contributed by atoms with Crippen molar-refractivity contribution in [3.05, 3.63) is 40.1 Å². The van der Waals surface area contributed by atoms with Gasteiger partial charge in [-0.1, -0.05) is 13.3 Å². The molecule has 1 aromatic heterocycles. The molecule has 0 amide bonds. The summed E-state index contributed by atoms with van der Waals surface area (Å²) < 4.78 is 22.4. The Bertz CT molecular complexity index is 1100. The van der Waals surface area contributed by atoms with Crippen molar-refractivity contribution < 1.29 is 28.8 Å². The lowest BCUT2D eigenvalue weighted by Gasteiger charge is -2.16. The van der Waals surface area contributed by atoms with E-state index in [1.807, 2.05) is 6.92 Å². The van der Waals surface area contributed by atoms with Gasteiger partial charge in [0.15, 0.2) is 28.3 Å². The maximum absolute atomic E-state index is 13.5. The highest BCUT2D eigenvalue weighted by atomic mass is 16.5. The minimum Gasteiger partial charge on any atom is -0.504 e. The number of unbranched alkanes of at least 4 members (excludes halogenated alkanes) is 1. The molecule has 0 bridgehead atoms. The Labute approximate surface area is 168 Å². The lowest BCUT2D eigenvalue weighted by atomic mass is 9.99. The number of fused-ring (bicyclic) bond motifs is 1. The first-order valence-corrected chi connectivity index (χ1v) is 9.27. The molecule has 0 unspecified atom stereocenters. The molecule has 0 aliphatic heterocycles. The van der Waals surface area contributed by atoms with E-state index in [0.29, 0.717) is 34.8 Å². The predicted molar refractivity (Wildman–Crippen MR) is 110 cm³/mol. The second-order valence-corrected chi connectivity index (χ2v) is 6.56. The first-order chi connectivity index (χ1) is 14.0. The number of hydrogen-bond donors (Lipinski definition) is 2. The van der Waals surface area contributed by atoms with Crippen molar-refractivity contribution in [3.63, 3.8) is 0 Å². The Morgan fingerprint density at radius 3 is 2.28 bits per heavy atom. The Morgan fingerprint density at radius 1 is 0.966 bits per heavy atom. The van der Waals surface area contributed by atoms with Crippen LogP contribution in [0.1, 0.15) is 25.3 Å². The molecular formula is C22H24O7. The summed E-state index contributed by atoms with van der Waals surface area (Å²) in [6.45, 7) is 2.03. The van der Waals surface area contributed by atoms with Gasteiger partial charge in [0.1, 0.15) is 16.9 Å². The second-order valence-electron chi connectivity index (χ2n) is 6.56. The highest BCUT2D eigenvalue weighted by molar-refractivity contribution is 5.93. The van der Waals surface area contributed by atoms with Crippen molar-refractivity contribution >= 4 is 11.0 Å². The van der Waals surface area contributed by atoms with Crippen LogP contribution in [0.15, 0.2) is 33.5 Å². The number of benzene rings is 2. The van der Waals surface area contributed by atoms with Gasteiger partial charge in [0.05, 0.1) is 21.3 Å². The molecule has 0 radical (unpaired) electrons. The number of aromatic hydroxyl groups is 2. The molecule has 3 rings (SSSR count). The van der Waals surface area contributed by atoms with Crippen LogP contribution in [0.25, 0.3) is 22.3 Å². The number of methoxy groups -OCH3 is 3. The summed E-state index contributed by atoms with van der Waals surface area (Å²) in [5.74, 6) is 0.700. The third-order valence-electron chi connectivity index (χ3n) is 4.81. The fraction of sp³-hybridized carbons (Fsp3) is 0.318. The molecule has 0 fully saturated rings. The van der Waals surface area contributed by atoms with E-state index in [2.05, 4.69) is 0 Å². The minimum absolute atomic E-state index is 0.191.